The van der Waals surface area contributed by atoms with Crippen molar-refractivity contribution in [2.75, 3.05) is 26.7 Å². The zero-order valence-electron chi connectivity index (χ0n) is 13.5. The number of ether oxygens (including phenoxy) is 2. The summed E-state index contributed by atoms with van der Waals surface area (Å²) in [7, 11) is -1.97. The fourth-order valence-electron chi connectivity index (χ4n) is 1.71. The zero-order chi connectivity index (χ0) is 16.5. The molecule has 0 radical (unpaired) electrons. The van der Waals surface area contributed by atoms with Gasteiger partial charge in [0.15, 0.2) is 0 Å². The Morgan fingerprint density at radius 3 is 2.00 bits per heavy atom. The van der Waals surface area contributed by atoms with Gasteiger partial charge in [0.05, 0.1) is 24.9 Å². The normalized spacial score (nSPS) is 15.7. The minimum Gasteiger partial charge on any atom is -0.396 e. The third-order valence-electron chi connectivity index (χ3n) is 2.37. The maximum absolute atomic E-state index is 12.6. The first-order chi connectivity index (χ1) is 9.74. The molecule has 0 fully saturated rings. The van der Waals surface area contributed by atoms with Gasteiger partial charge < -0.3 is 28.7 Å². The van der Waals surface area contributed by atoms with E-state index in [0.717, 1.165) is 0 Å². The molecule has 2 atom stereocenters. The van der Waals surface area contributed by atoms with Gasteiger partial charge in [-0.2, -0.15) is 0 Å². The largest absolute Gasteiger partial charge is 0.396 e. The Balaban J connectivity index is 4.70. The quantitative estimate of drug-likeness (QED) is 0.527. The molecular weight excluding hydrogens is 299 g/mol. The average Bonchev–Trinajstić information content (AvgIpc) is 2.32. The lowest BCUT2D eigenvalue weighted by Gasteiger charge is -2.27. The summed E-state index contributed by atoms with van der Waals surface area (Å²) in [6.07, 6.45) is -2.26. The van der Waals surface area contributed by atoms with Crippen LogP contribution in [0.15, 0.2) is 0 Å². The monoisotopic (exact) mass is 328 g/mol. The standard InChI is InChI=1S/C13H29O7P/c1-10(2)19-21(16,20-11(3)4)9-18-13(6-7-14)12(15)8-17-5/h10-15H,6-9H2,1-5H3/t12?,13-/m0/s1. The van der Waals surface area contributed by atoms with Gasteiger partial charge in [-0.25, -0.2) is 0 Å². The molecule has 0 amide bonds. The van der Waals surface area contributed by atoms with Crippen molar-refractivity contribution in [3.05, 3.63) is 0 Å². The first kappa shape index (κ1) is 21.0. The van der Waals surface area contributed by atoms with E-state index >= 15 is 0 Å². The number of methoxy groups -OCH3 is 1. The van der Waals surface area contributed by atoms with E-state index in [4.69, 9.17) is 23.6 Å². The van der Waals surface area contributed by atoms with E-state index < -0.39 is 19.8 Å². The van der Waals surface area contributed by atoms with Gasteiger partial charge in [-0.15, -0.1) is 0 Å². The highest BCUT2D eigenvalue weighted by Gasteiger charge is 2.31. The van der Waals surface area contributed by atoms with Crippen LogP contribution in [0.3, 0.4) is 0 Å². The van der Waals surface area contributed by atoms with E-state index in [2.05, 4.69) is 0 Å². The Labute approximate surface area is 127 Å². The van der Waals surface area contributed by atoms with Crippen LogP contribution in [0.2, 0.25) is 0 Å². The van der Waals surface area contributed by atoms with E-state index in [9.17, 15) is 9.67 Å². The summed E-state index contributed by atoms with van der Waals surface area (Å²) in [6.45, 7) is 6.90. The smallest absolute Gasteiger partial charge is 0.356 e. The summed E-state index contributed by atoms with van der Waals surface area (Å²) in [4.78, 5) is 0. The molecule has 2 N–H and O–H groups in total. The van der Waals surface area contributed by atoms with Crippen LogP contribution < -0.4 is 0 Å². The number of aliphatic hydroxyl groups excluding tert-OH is 2. The van der Waals surface area contributed by atoms with Crippen molar-refractivity contribution < 1.29 is 33.3 Å². The van der Waals surface area contributed by atoms with Gasteiger partial charge in [-0.3, -0.25) is 4.57 Å². The van der Waals surface area contributed by atoms with Crippen LogP contribution in [0, 0.1) is 0 Å². The van der Waals surface area contributed by atoms with Gasteiger partial charge in [-0.05, 0) is 34.1 Å². The molecule has 21 heavy (non-hydrogen) atoms. The Morgan fingerprint density at radius 2 is 1.62 bits per heavy atom. The molecule has 0 spiro atoms. The van der Waals surface area contributed by atoms with Crippen LogP contribution in [0.1, 0.15) is 34.1 Å². The van der Waals surface area contributed by atoms with Crippen molar-refractivity contribution in [1.82, 2.24) is 0 Å². The molecular formula is C13H29O7P. The molecule has 0 saturated carbocycles. The summed E-state index contributed by atoms with van der Waals surface area (Å²) in [5.41, 5.74) is 0. The molecule has 0 aromatic rings. The number of aliphatic hydroxyl groups is 2. The maximum atomic E-state index is 12.6. The number of hydrogen-bond acceptors (Lipinski definition) is 7. The lowest BCUT2D eigenvalue weighted by atomic mass is 10.1. The zero-order valence-corrected chi connectivity index (χ0v) is 14.4. The van der Waals surface area contributed by atoms with Crippen molar-refractivity contribution in [2.45, 2.75) is 58.5 Å². The van der Waals surface area contributed by atoms with Crippen molar-refractivity contribution in [2.24, 2.45) is 0 Å². The third kappa shape index (κ3) is 9.58. The molecule has 0 aliphatic rings. The Morgan fingerprint density at radius 1 is 1.10 bits per heavy atom. The van der Waals surface area contributed by atoms with Crippen molar-refractivity contribution in [3.8, 4) is 0 Å². The van der Waals surface area contributed by atoms with Gasteiger partial charge in [0.1, 0.15) is 12.5 Å². The Bertz CT molecular complexity index is 295. The highest BCUT2D eigenvalue weighted by Crippen LogP contribution is 2.50. The van der Waals surface area contributed by atoms with Gasteiger partial charge >= 0.3 is 7.60 Å². The SMILES string of the molecule is COCC(O)[C@H](CCO)OCP(=O)(OC(C)C)OC(C)C. The molecule has 0 aliphatic heterocycles. The summed E-state index contributed by atoms with van der Waals surface area (Å²) in [5.74, 6) is 0. The van der Waals surface area contributed by atoms with Crippen LogP contribution in [0.25, 0.3) is 0 Å². The molecule has 7 nitrogen and oxygen atoms in total. The molecule has 0 heterocycles. The Hall–Kier alpha value is -0.0100. The van der Waals surface area contributed by atoms with Crippen LogP contribution >= 0.6 is 7.60 Å². The lowest BCUT2D eigenvalue weighted by molar-refractivity contribution is -0.0657. The second-order valence-corrected chi connectivity index (χ2v) is 7.19. The fraction of sp³-hybridized carbons (Fsp3) is 1.00. The van der Waals surface area contributed by atoms with E-state index in [1.165, 1.54) is 7.11 Å². The first-order valence-corrected chi connectivity index (χ1v) is 8.82. The van der Waals surface area contributed by atoms with Gasteiger partial charge in [0.25, 0.3) is 0 Å². The molecule has 0 rings (SSSR count). The van der Waals surface area contributed by atoms with Crippen LogP contribution in [0.5, 0.6) is 0 Å². The molecule has 128 valence electrons. The summed E-state index contributed by atoms with van der Waals surface area (Å²) < 4.78 is 33.6. The number of hydrogen-bond donors (Lipinski definition) is 2. The molecule has 0 aliphatic carbocycles. The maximum Gasteiger partial charge on any atom is 0.356 e. The molecule has 0 aromatic carbocycles. The predicted octanol–water partition coefficient (Wildman–Crippen LogP) is 1.76. The van der Waals surface area contributed by atoms with Crippen molar-refractivity contribution in [3.63, 3.8) is 0 Å². The molecule has 0 bridgehead atoms. The predicted molar refractivity (Wildman–Crippen MR) is 79.4 cm³/mol. The van der Waals surface area contributed by atoms with Gasteiger partial charge in [0.2, 0.25) is 0 Å². The second-order valence-electron chi connectivity index (χ2n) is 5.29. The van der Waals surface area contributed by atoms with Crippen LogP contribution in [-0.2, 0) is 23.1 Å². The summed E-state index contributed by atoms with van der Waals surface area (Å²) in [6, 6.07) is 0. The average molecular weight is 328 g/mol. The van der Waals surface area contributed by atoms with Crippen LogP contribution in [0.4, 0.5) is 0 Å². The van der Waals surface area contributed by atoms with Gasteiger partial charge in [0, 0.05) is 13.7 Å². The molecule has 1 unspecified atom stereocenters. The highest BCUT2D eigenvalue weighted by atomic mass is 31.2. The van der Waals surface area contributed by atoms with E-state index in [1.54, 1.807) is 27.7 Å². The van der Waals surface area contributed by atoms with Gasteiger partial charge in [-0.1, -0.05) is 0 Å². The summed E-state index contributed by atoms with van der Waals surface area (Å²) in [5, 5.41) is 18.9. The summed E-state index contributed by atoms with van der Waals surface area (Å²) >= 11 is 0. The topological polar surface area (TPSA) is 94.5 Å². The molecule has 0 aromatic heterocycles. The first-order valence-electron chi connectivity index (χ1n) is 7.09. The molecule has 8 heteroatoms. The lowest BCUT2D eigenvalue weighted by Crippen LogP contribution is -2.34. The van der Waals surface area contributed by atoms with Crippen molar-refractivity contribution in [1.29, 1.82) is 0 Å². The number of rotatable bonds is 12. The minimum absolute atomic E-state index is 0.0606. The van der Waals surface area contributed by atoms with E-state index in [-0.39, 0.29) is 38.2 Å². The van der Waals surface area contributed by atoms with E-state index in [0.29, 0.717) is 0 Å². The fourth-order valence-corrected chi connectivity index (χ4v) is 3.54. The Kier molecular flexibility index (Phi) is 10.7. The highest BCUT2D eigenvalue weighted by molar-refractivity contribution is 7.53. The molecule has 0 saturated heterocycles. The van der Waals surface area contributed by atoms with Crippen molar-refractivity contribution >= 4 is 7.60 Å². The van der Waals surface area contributed by atoms with Crippen LogP contribution in [-0.4, -0.2) is 61.3 Å². The minimum atomic E-state index is -3.42. The second kappa shape index (κ2) is 10.7. The third-order valence-corrected chi connectivity index (χ3v) is 4.32. The van der Waals surface area contributed by atoms with E-state index in [1.807, 2.05) is 0 Å².